The summed E-state index contributed by atoms with van der Waals surface area (Å²) in [6.07, 6.45) is 2.62. The third-order valence-electron chi connectivity index (χ3n) is 2.07. The largest absolute Gasteiger partial charge is 0.396 e. The molecule has 0 aliphatic carbocycles. The van der Waals surface area contributed by atoms with E-state index in [2.05, 4.69) is 23.3 Å². The summed E-state index contributed by atoms with van der Waals surface area (Å²) in [5, 5.41) is 13.4. The molecule has 0 saturated carbocycles. The summed E-state index contributed by atoms with van der Waals surface area (Å²) in [5.74, 6) is 0. The van der Waals surface area contributed by atoms with E-state index in [1.165, 1.54) is 5.56 Å². The van der Waals surface area contributed by atoms with Gasteiger partial charge in [0, 0.05) is 24.6 Å². The molecule has 0 aliphatic rings. The zero-order valence-electron chi connectivity index (χ0n) is 9.23. The molecule has 0 saturated heterocycles. The molecule has 1 aromatic heterocycles. The van der Waals surface area contributed by atoms with Crippen LogP contribution in [-0.2, 0) is 6.54 Å². The van der Waals surface area contributed by atoms with Crippen molar-refractivity contribution in [2.45, 2.75) is 30.2 Å². The van der Waals surface area contributed by atoms with Crippen molar-refractivity contribution in [2.75, 3.05) is 13.7 Å². The molecule has 2 N–H and O–H groups in total. The lowest BCUT2D eigenvalue weighted by Crippen LogP contribution is -2.08. The third kappa shape index (κ3) is 4.20. The molecule has 3 nitrogen and oxygen atoms in total. The Balaban J connectivity index is 2.66. The number of nitrogens with zero attached hydrogens (tertiary/aromatic N) is 1. The first kappa shape index (κ1) is 12.5. The molecule has 1 heterocycles. The summed E-state index contributed by atoms with van der Waals surface area (Å²) >= 11 is 1.72. The van der Waals surface area contributed by atoms with Gasteiger partial charge < -0.3 is 10.4 Å². The molecule has 0 radical (unpaired) electrons. The number of aliphatic hydroxyl groups is 1. The van der Waals surface area contributed by atoms with Gasteiger partial charge in [-0.25, -0.2) is 4.98 Å². The fourth-order valence-electron chi connectivity index (χ4n) is 1.29. The first-order valence-electron chi connectivity index (χ1n) is 5.14. The maximum atomic E-state index is 8.84. The molecule has 4 heteroatoms. The first-order chi connectivity index (χ1) is 7.27. The van der Waals surface area contributed by atoms with Crippen LogP contribution in [0.3, 0.4) is 0 Å². The average Bonchev–Trinajstić information content (AvgIpc) is 2.21. The maximum Gasteiger partial charge on any atom is 0.101 e. The number of pyridine rings is 1. The summed E-state index contributed by atoms with van der Waals surface area (Å²) in [7, 11) is 1.93. The van der Waals surface area contributed by atoms with Crippen LogP contribution < -0.4 is 5.32 Å². The number of nitrogens with one attached hydrogen (secondary N) is 1. The highest BCUT2D eigenvalue weighted by atomic mass is 32.2. The van der Waals surface area contributed by atoms with Crippen molar-refractivity contribution in [1.82, 2.24) is 10.3 Å². The van der Waals surface area contributed by atoms with Gasteiger partial charge in [0.2, 0.25) is 0 Å². The number of aromatic nitrogens is 1. The molecule has 15 heavy (non-hydrogen) atoms. The van der Waals surface area contributed by atoms with E-state index in [1.54, 1.807) is 11.8 Å². The van der Waals surface area contributed by atoms with Gasteiger partial charge in [-0.2, -0.15) is 0 Å². The standard InChI is InChI=1S/C11H18N2OS/c1-9(5-7-14)15-11-10(8-12-2)4-3-6-13-11/h3-4,6,9,12,14H,5,7-8H2,1-2H3. The Hall–Kier alpha value is -0.580. The minimum Gasteiger partial charge on any atom is -0.396 e. The number of thioether (sulfide) groups is 1. The Morgan fingerprint density at radius 3 is 3.07 bits per heavy atom. The van der Waals surface area contributed by atoms with E-state index in [0.29, 0.717) is 5.25 Å². The minimum absolute atomic E-state index is 0.238. The molecule has 1 unspecified atom stereocenters. The van der Waals surface area contributed by atoms with Crippen LogP contribution in [0.1, 0.15) is 18.9 Å². The highest BCUT2D eigenvalue weighted by Crippen LogP contribution is 2.25. The topological polar surface area (TPSA) is 45.2 Å². The summed E-state index contributed by atoms with van der Waals surface area (Å²) in [6, 6.07) is 4.03. The van der Waals surface area contributed by atoms with Crippen molar-refractivity contribution in [3.8, 4) is 0 Å². The van der Waals surface area contributed by atoms with Crippen LogP contribution in [0.2, 0.25) is 0 Å². The Morgan fingerprint density at radius 2 is 2.40 bits per heavy atom. The van der Waals surface area contributed by atoms with Crippen molar-refractivity contribution >= 4 is 11.8 Å². The van der Waals surface area contributed by atoms with Gasteiger partial charge in [-0.05, 0) is 25.1 Å². The second-order valence-electron chi connectivity index (χ2n) is 3.44. The number of aliphatic hydroxyl groups excluding tert-OH is 1. The smallest absolute Gasteiger partial charge is 0.101 e. The predicted octanol–water partition coefficient (Wildman–Crippen LogP) is 1.66. The van der Waals surface area contributed by atoms with Crippen molar-refractivity contribution in [2.24, 2.45) is 0 Å². The molecule has 0 fully saturated rings. The minimum atomic E-state index is 0.238. The molecule has 1 rings (SSSR count). The molecular formula is C11H18N2OS. The lowest BCUT2D eigenvalue weighted by atomic mass is 10.3. The highest BCUT2D eigenvalue weighted by Gasteiger charge is 2.08. The molecule has 0 spiro atoms. The summed E-state index contributed by atoms with van der Waals surface area (Å²) in [6.45, 7) is 3.18. The Morgan fingerprint density at radius 1 is 1.60 bits per heavy atom. The fourth-order valence-corrected chi connectivity index (χ4v) is 2.30. The Labute approximate surface area is 95.3 Å². The van der Waals surface area contributed by atoms with Crippen molar-refractivity contribution < 1.29 is 5.11 Å². The Kier molecular flexibility index (Phi) is 5.68. The van der Waals surface area contributed by atoms with E-state index in [1.807, 2.05) is 19.3 Å². The van der Waals surface area contributed by atoms with E-state index in [0.717, 1.165) is 18.0 Å². The van der Waals surface area contributed by atoms with Crippen LogP contribution >= 0.6 is 11.8 Å². The third-order valence-corrected chi connectivity index (χ3v) is 3.29. The van der Waals surface area contributed by atoms with E-state index >= 15 is 0 Å². The van der Waals surface area contributed by atoms with E-state index in [-0.39, 0.29) is 6.61 Å². The molecule has 0 amide bonds. The lowest BCUT2D eigenvalue weighted by Gasteiger charge is -2.11. The quantitative estimate of drug-likeness (QED) is 0.724. The summed E-state index contributed by atoms with van der Waals surface area (Å²) in [5.41, 5.74) is 1.22. The normalized spacial score (nSPS) is 12.7. The van der Waals surface area contributed by atoms with Crippen molar-refractivity contribution in [3.63, 3.8) is 0 Å². The van der Waals surface area contributed by atoms with Gasteiger partial charge in [-0.15, -0.1) is 11.8 Å². The number of hydrogen-bond donors (Lipinski definition) is 2. The lowest BCUT2D eigenvalue weighted by molar-refractivity contribution is 0.289. The van der Waals surface area contributed by atoms with Crippen LogP contribution in [0.4, 0.5) is 0 Å². The molecule has 0 aromatic carbocycles. The SMILES string of the molecule is CNCc1cccnc1SC(C)CCO. The maximum absolute atomic E-state index is 8.84. The fraction of sp³-hybridized carbons (Fsp3) is 0.545. The van der Waals surface area contributed by atoms with Crippen molar-refractivity contribution in [1.29, 1.82) is 0 Å². The molecule has 0 bridgehead atoms. The zero-order chi connectivity index (χ0) is 11.1. The molecule has 84 valence electrons. The molecule has 0 aliphatic heterocycles. The van der Waals surface area contributed by atoms with E-state index in [9.17, 15) is 0 Å². The van der Waals surface area contributed by atoms with Crippen LogP contribution in [0.15, 0.2) is 23.4 Å². The van der Waals surface area contributed by atoms with Gasteiger partial charge in [0.1, 0.15) is 5.03 Å². The zero-order valence-corrected chi connectivity index (χ0v) is 10.0. The predicted molar refractivity (Wildman–Crippen MR) is 64.0 cm³/mol. The van der Waals surface area contributed by atoms with E-state index < -0.39 is 0 Å². The summed E-state index contributed by atoms with van der Waals surface area (Å²) < 4.78 is 0. The second kappa shape index (κ2) is 6.82. The number of hydrogen-bond acceptors (Lipinski definition) is 4. The summed E-state index contributed by atoms with van der Waals surface area (Å²) in [4.78, 5) is 4.36. The highest BCUT2D eigenvalue weighted by molar-refractivity contribution is 7.99. The first-order valence-corrected chi connectivity index (χ1v) is 6.02. The van der Waals surface area contributed by atoms with E-state index in [4.69, 9.17) is 5.11 Å². The van der Waals surface area contributed by atoms with Crippen molar-refractivity contribution in [3.05, 3.63) is 23.9 Å². The van der Waals surface area contributed by atoms with Gasteiger partial charge in [0.25, 0.3) is 0 Å². The van der Waals surface area contributed by atoms with Crippen LogP contribution in [0.25, 0.3) is 0 Å². The molecular weight excluding hydrogens is 208 g/mol. The van der Waals surface area contributed by atoms with Gasteiger partial charge in [-0.1, -0.05) is 13.0 Å². The van der Waals surface area contributed by atoms with Gasteiger partial charge >= 0.3 is 0 Å². The average molecular weight is 226 g/mol. The monoisotopic (exact) mass is 226 g/mol. The van der Waals surface area contributed by atoms with Gasteiger partial charge in [0.05, 0.1) is 0 Å². The van der Waals surface area contributed by atoms with Crippen LogP contribution in [0.5, 0.6) is 0 Å². The van der Waals surface area contributed by atoms with Gasteiger partial charge in [-0.3, -0.25) is 0 Å². The molecule has 1 atom stereocenters. The second-order valence-corrected chi connectivity index (χ2v) is 4.87. The van der Waals surface area contributed by atoms with Crippen LogP contribution in [-0.4, -0.2) is 29.0 Å². The Bertz CT molecular complexity index is 294. The number of rotatable bonds is 6. The van der Waals surface area contributed by atoms with Gasteiger partial charge in [0.15, 0.2) is 0 Å². The molecule has 1 aromatic rings. The van der Waals surface area contributed by atoms with Crippen LogP contribution in [0, 0.1) is 0 Å².